The summed E-state index contributed by atoms with van der Waals surface area (Å²) in [5, 5.41) is 3.57. The SMILES string of the molecule is CCCNC(Cc1cccc(Br)c1)C1=CCCO1. The third-order valence-electron chi connectivity index (χ3n) is 3.05. The van der Waals surface area contributed by atoms with Crippen LogP contribution in [0.15, 0.2) is 40.6 Å². The van der Waals surface area contributed by atoms with Gasteiger partial charge in [-0.15, -0.1) is 0 Å². The molecule has 0 aliphatic carbocycles. The van der Waals surface area contributed by atoms with Gasteiger partial charge in [-0.25, -0.2) is 0 Å². The molecular formula is C15H20BrNO. The van der Waals surface area contributed by atoms with E-state index in [4.69, 9.17) is 4.74 Å². The lowest BCUT2D eigenvalue weighted by Crippen LogP contribution is -2.33. The first-order valence-corrected chi connectivity index (χ1v) is 7.39. The lowest BCUT2D eigenvalue weighted by atomic mass is 10.0. The van der Waals surface area contributed by atoms with Crippen LogP contribution in [-0.4, -0.2) is 19.2 Å². The summed E-state index contributed by atoms with van der Waals surface area (Å²) in [4.78, 5) is 0. The van der Waals surface area contributed by atoms with Crippen molar-refractivity contribution in [3.63, 3.8) is 0 Å². The second-order valence-electron chi connectivity index (χ2n) is 4.58. The molecule has 0 saturated carbocycles. The van der Waals surface area contributed by atoms with Crippen LogP contribution < -0.4 is 5.32 Å². The Morgan fingerprint density at radius 1 is 1.44 bits per heavy atom. The minimum atomic E-state index is 0.307. The Kier molecular flexibility index (Phi) is 5.26. The second-order valence-corrected chi connectivity index (χ2v) is 5.50. The molecule has 1 aromatic carbocycles. The number of hydrogen-bond donors (Lipinski definition) is 1. The molecule has 0 saturated heterocycles. The topological polar surface area (TPSA) is 21.3 Å². The van der Waals surface area contributed by atoms with Crippen LogP contribution in [0, 0.1) is 0 Å². The van der Waals surface area contributed by atoms with Gasteiger partial charge in [-0.2, -0.15) is 0 Å². The Labute approximate surface area is 118 Å². The molecule has 1 heterocycles. The standard InChI is InChI=1S/C15H20BrNO/c1-2-8-17-14(15-7-4-9-18-15)11-12-5-3-6-13(16)10-12/h3,5-7,10,14,17H,2,4,8-9,11H2,1H3. The molecule has 1 aliphatic rings. The molecule has 2 rings (SSSR count). The minimum Gasteiger partial charge on any atom is -0.496 e. The van der Waals surface area contributed by atoms with Gasteiger partial charge in [0, 0.05) is 10.9 Å². The number of halogens is 1. The molecule has 0 bridgehead atoms. The fourth-order valence-electron chi connectivity index (χ4n) is 2.17. The molecule has 2 nitrogen and oxygen atoms in total. The molecule has 0 amide bonds. The van der Waals surface area contributed by atoms with Crippen molar-refractivity contribution in [1.82, 2.24) is 5.32 Å². The molecule has 1 unspecified atom stereocenters. The molecule has 0 fully saturated rings. The first-order valence-electron chi connectivity index (χ1n) is 6.60. The number of ether oxygens (including phenoxy) is 1. The molecule has 1 atom stereocenters. The summed E-state index contributed by atoms with van der Waals surface area (Å²) >= 11 is 3.52. The summed E-state index contributed by atoms with van der Waals surface area (Å²) in [6.45, 7) is 4.05. The van der Waals surface area contributed by atoms with E-state index in [1.54, 1.807) is 0 Å². The van der Waals surface area contributed by atoms with Crippen molar-refractivity contribution < 1.29 is 4.74 Å². The summed E-state index contributed by atoms with van der Waals surface area (Å²) in [6, 6.07) is 8.79. The third kappa shape index (κ3) is 3.85. The van der Waals surface area contributed by atoms with Crippen LogP contribution in [0.25, 0.3) is 0 Å². The predicted octanol–water partition coefficient (Wildman–Crippen LogP) is 3.66. The monoisotopic (exact) mass is 309 g/mol. The molecular weight excluding hydrogens is 290 g/mol. The molecule has 1 aromatic rings. The number of benzene rings is 1. The highest BCUT2D eigenvalue weighted by molar-refractivity contribution is 9.10. The fourth-order valence-corrected chi connectivity index (χ4v) is 2.62. The third-order valence-corrected chi connectivity index (χ3v) is 3.54. The Bertz CT molecular complexity index is 417. The zero-order valence-corrected chi connectivity index (χ0v) is 12.4. The molecule has 98 valence electrons. The van der Waals surface area contributed by atoms with Crippen molar-refractivity contribution >= 4 is 15.9 Å². The van der Waals surface area contributed by atoms with Crippen LogP contribution in [0.1, 0.15) is 25.3 Å². The van der Waals surface area contributed by atoms with Gasteiger partial charge in [0.25, 0.3) is 0 Å². The van der Waals surface area contributed by atoms with Crippen LogP contribution >= 0.6 is 15.9 Å². The zero-order chi connectivity index (χ0) is 12.8. The Morgan fingerprint density at radius 2 is 2.33 bits per heavy atom. The van der Waals surface area contributed by atoms with Crippen molar-refractivity contribution in [2.45, 2.75) is 32.2 Å². The smallest absolute Gasteiger partial charge is 0.109 e. The van der Waals surface area contributed by atoms with Gasteiger partial charge < -0.3 is 10.1 Å². The van der Waals surface area contributed by atoms with E-state index in [0.29, 0.717) is 6.04 Å². The lowest BCUT2D eigenvalue weighted by Gasteiger charge is -2.20. The van der Waals surface area contributed by atoms with Gasteiger partial charge in [-0.05, 0) is 43.2 Å². The molecule has 0 aromatic heterocycles. The predicted molar refractivity (Wildman–Crippen MR) is 78.6 cm³/mol. The quantitative estimate of drug-likeness (QED) is 0.866. The fraction of sp³-hybridized carbons (Fsp3) is 0.467. The number of rotatable bonds is 6. The van der Waals surface area contributed by atoms with E-state index in [1.165, 1.54) is 5.56 Å². The van der Waals surface area contributed by atoms with Crippen LogP contribution in [0.3, 0.4) is 0 Å². The van der Waals surface area contributed by atoms with Gasteiger partial charge >= 0.3 is 0 Å². The van der Waals surface area contributed by atoms with E-state index in [1.807, 2.05) is 0 Å². The largest absolute Gasteiger partial charge is 0.496 e. The maximum atomic E-state index is 5.70. The number of hydrogen-bond acceptors (Lipinski definition) is 2. The highest BCUT2D eigenvalue weighted by Gasteiger charge is 2.18. The van der Waals surface area contributed by atoms with Crippen LogP contribution in [0.2, 0.25) is 0 Å². The van der Waals surface area contributed by atoms with Gasteiger partial charge in [-0.3, -0.25) is 0 Å². The second kappa shape index (κ2) is 6.95. The summed E-state index contributed by atoms with van der Waals surface area (Å²) in [5.41, 5.74) is 1.33. The molecule has 18 heavy (non-hydrogen) atoms. The molecule has 1 N–H and O–H groups in total. The van der Waals surface area contributed by atoms with Crippen LogP contribution in [-0.2, 0) is 11.2 Å². The van der Waals surface area contributed by atoms with Crippen molar-refractivity contribution in [2.75, 3.05) is 13.2 Å². The van der Waals surface area contributed by atoms with E-state index in [-0.39, 0.29) is 0 Å². The first kappa shape index (κ1) is 13.6. The summed E-state index contributed by atoms with van der Waals surface area (Å²) < 4.78 is 6.84. The van der Waals surface area contributed by atoms with Gasteiger partial charge in [-0.1, -0.05) is 35.0 Å². The average molecular weight is 310 g/mol. The van der Waals surface area contributed by atoms with Crippen LogP contribution in [0.4, 0.5) is 0 Å². The van der Waals surface area contributed by atoms with Crippen molar-refractivity contribution in [3.05, 3.63) is 46.1 Å². The number of nitrogens with one attached hydrogen (secondary N) is 1. The van der Waals surface area contributed by atoms with Gasteiger partial charge in [0.1, 0.15) is 5.76 Å². The van der Waals surface area contributed by atoms with Crippen LogP contribution in [0.5, 0.6) is 0 Å². The average Bonchev–Trinajstić information content (AvgIpc) is 2.88. The normalized spacial score (nSPS) is 16.2. The minimum absolute atomic E-state index is 0.307. The Hall–Kier alpha value is -0.800. The lowest BCUT2D eigenvalue weighted by molar-refractivity contribution is 0.214. The molecule has 1 aliphatic heterocycles. The van der Waals surface area contributed by atoms with Gasteiger partial charge in [0.2, 0.25) is 0 Å². The van der Waals surface area contributed by atoms with E-state index in [2.05, 4.69) is 58.5 Å². The van der Waals surface area contributed by atoms with E-state index < -0.39 is 0 Å². The van der Waals surface area contributed by atoms with Crippen molar-refractivity contribution in [1.29, 1.82) is 0 Å². The first-order chi connectivity index (χ1) is 8.79. The maximum Gasteiger partial charge on any atom is 0.109 e. The Morgan fingerprint density at radius 3 is 3.00 bits per heavy atom. The maximum absolute atomic E-state index is 5.70. The summed E-state index contributed by atoms with van der Waals surface area (Å²) in [7, 11) is 0. The van der Waals surface area contributed by atoms with Gasteiger partial charge in [0.15, 0.2) is 0 Å². The Balaban J connectivity index is 2.04. The van der Waals surface area contributed by atoms with E-state index in [0.717, 1.165) is 42.6 Å². The van der Waals surface area contributed by atoms with Crippen molar-refractivity contribution in [3.8, 4) is 0 Å². The molecule has 0 spiro atoms. The summed E-state index contributed by atoms with van der Waals surface area (Å²) in [5.74, 6) is 1.11. The van der Waals surface area contributed by atoms with Crippen molar-refractivity contribution in [2.24, 2.45) is 0 Å². The molecule has 3 heteroatoms. The highest BCUT2D eigenvalue weighted by Crippen LogP contribution is 2.19. The van der Waals surface area contributed by atoms with E-state index in [9.17, 15) is 0 Å². The highest BCUT2D eigenvalue weighted by atomic mass is 79.9. The molecule has 0 radical (unpaired) electrons. The van der Waals surface area contributed by atoms with E-state index >= 15 is 0 Å². The summed E-state index contributed by atoms with van der Waals surface area (Å²) in [6.07, 6.45) is 5.37. The van der Waals surface area contributed by atoms with Gasteiger partial charge in [0.05, 0.1) is 12.6 Å². The zero-order valence-electron chi connectivity index (χ0n) is 10.8.